The highest BCUT2D eigenvalue weighted by molar-refractivity contribution is 6.44. The largest absolute Gasteiger partial charge is 0.497 e. The predicted molar refractivity (Wildman–Crippen MR) is 79.0 cm³/mol. The Bertz CT molecular complexity index is 627. The normalized spacial score (nSPS) is 10.0. The number of hydrogen-bond donors (Lipinski definition) is 0. The number of ether oxygens (including phenoxy) is 2. The maximum absolute atomic E-state index is 12.1. The van der Waals surface area contributed by atoms with Crippen LogP contribution in [0.25, 0.3) is 0 Å². The lowest BCUT2D eigenvalue weighted by Gasteiger charge is -2.04. The second-order valence-electron chi connectivity index (χ2n) is 4.51. The van der Waals surface area contributed by atoms with Crippen LogP contribution in [0.2, 0.25) is 0 Å². The topological polar surface area (TPSA) is 52.6 Å². The zero-order valence-corrected chi connectivity index (χ0v) is 12.0. The molecule has 0 amide bonds. The SMILES string of the molecule is COc1ccc(CC(=O)C(=O)c2ccc(OC)cc2)cc1. The van der Waals surface area contributed by atoms with Gasteiger partial charge in [-0.15, -0.1) is 0 Å². The molecule has 0 aliphatic rings. The third-order valence-electron chi connectivity index (χ3n) is 3.13. The fraction of sp³-hybridized carbons (Fsp3) is 0.176. The number of ketones is 2. The maximum Gasteiger partial charge on any atom is 0.228 e. The molecule has 0 spiro atoms. The molecule has 0 aliphatic heterocycles. The Kier molecular flexibility index (Phi) is 4.72. The summed E-state index contributed by atoms with van der Waals surface area (Å²) in [4.78, 5) is 24.1. The highest BCUT2D eigenvalue weighted by atomic mass is 16.5. The van der Waals surface area contributed by atoms with Crippen LogP contribution < -0.4 is 9.47 Å². The molecule has 0 heterocycles. The predicted octanol–water partition coefficient (Wildman–Crippen LogP) is 2.70. The van der Waals surface area contributed by atoms with Crippen molar-refractivity contribution in [3.63, 3.8) is 0 Å². The Morgan fingerprint density at radius 3 is 1.76 bits per heavy atom. The first kappa shape index (κ1) is 14.8. The standard InChI is InChI=1S/C17H16O4/c1-20-14-7-3-12(4-8-14)11-16(18)17(19)13-5-9-15(21-2)10-6-13/h3-10H,11H2,1-2H3. The van der Waals surface area contributed by atoms with E-state index in [2.05, 4.69) is 0 Å². The summed E-state index contributed by atoms with van der Waals surface area (Å²) in [5.74, 6) is 0.431. The summed E-state index contributed by atoms with van der Waals surface area (Å²) in [6.45, 7) is 0. The molecule has 2 aromatic carbocycles. The number of rotatable bonds is 6. The van der Waals surface area contributed by atoms with Crippen LogP contribution in [-0.2, 0) is 11.2 Å². The molecule has 0 fully saturated rings. The molecule has 108 valence electrons. The first-order chi connectivity index (χ1) is 10.1. The average Bonchev–Trinajstić information content (AvgIpc) is 2.55. The third-order valence-corrected chi connectivity index (χ3v) is 3.13. The van der Waals surface area contributed by atoms with E-state index in [0.717, 1.165) is 5.56 Å². The molecule has 0 atom stereocenters. The molecule has 4 heteroatoms. The summed E-state index contributed by atoms with van der Waals surface area (Å²) in [6, 6.07) is 13.6. The highest BCUT2D eigenvalue weighted by Crippen LogP contribution is 2.15. The van der Waals surface area contributed by atoms with Crippen LogP contribution in [0.1, 0.15) is 15.9 Å². The summed E-state index contributed by atoms with van der Waals surface area (Å²) in [5, 5.41) is 0. The lowest BCUT2D eigenvalue weighted by molar-refractivity contribution is -0.114. The van der Waals surface area contributed by atoms with Crippen LogP contribution in [0.4, 0.5) is 0 Å². The second-order valence-corrected chi connectivity index (χ2v) is 4.51. The number of Topliss-reactive ketones (excluding diaryl/α,β-unsaturated/α-hetero) is 2. The molecule has 0 unspecified atom stereocenters. The molecule has 4 nitrogen and oxygen atoms in total. The van der Waals surface area contributed by atoms with Gasteiger partial charge >= 0.3 is 0 Å². The molecule has 0 aliphatic carbocycles. The van der Waals surface area contributed by atoms with Crippen molar-refractivity contribution in [1.82, 2.24) is 0 Å². The van der Waals surface area contributed by atoms with E-state index in [9.17, 15) is 9.59 Å². The van der Waals surface area contributed by atoms with Crippen molar-refractivity contribution in [2.24, 2.45) is 0 Å². The van der Waals surface area contributed by atoms with Crippen molar-refractivity contribution in [2.45, 2.75) is 6.42 Å². The molecule has 0 bridgehead atoms. The zero-order chi connectivity index (χ0) is 15.2. The molecule has 0 N–H and O–H groups in total. The van der Waals surface area contributed by atoms with Crippen molar-refractivity contribution in [2.75, 3.05) is 14.2 Å². The first-order valence-corrected chi connectivity index (χ1v) is 6.48. The van der Waals surface area contributed by atoms with E-state index in [1.165, 1.54) is 0 Å². The van der Waals surface area contributed by atoms with Crippen molar-refractivity contribution in [3.05, 3.63) is 59.7 Å². The number of benzene rings is 2. The van der Waals surface area contributed by atoms with Gasteiger partial charge in [-0.3, -0.25) is 9.59 Å². The van der Waals surface area contributed by atoms with Gasteiger partial charge in [0.2, 0.25) is 11.6 Å². The average molecular weight is 284 g/mol. The van der Waals surface area contributed by atoms with Gasteiger partial charge in [-0.05, 0) is 42.0 Å². The fourth-order valence-electron chi connectivity index (χ4n) is 1.91. The number of carbonyl (C=O) groups is 2. The van der Waals surface area contributed by atoms with Gasteiger partial charge < -0.3 is 9.47 Å². The van der Waals surface area contributed by atoms with E-state index in [4.69, 9.17) is 9.47 Å². The summed E-state index contributed by atoms with van der Waals surface area (Å²) in [6.07, 6.45) is 0.0782. The van der Waals surface area contributed by atoms with Gasteiger partial charge in [0.05, 0.1) is 14.2 Å². The van der Waals surface area contributed by atoms with Crippen LogP contribution in [0.3, 0.4) is 0 Å². The molecular weight excluding hydrogens is 268 g/mol. The molecule has 0 radical (unpaired) electrons. The van der Waals surface area contributed by atoms with Crippen LogP contribution in [0.5, 0.6) is 11.5 Å². The van der Waals surface area contributed by atoms with E-state index in [0.29, 0.717) is 17.1 Å². The van der Waals surface area contributed by atoms with Gasteiger partial charge in [-0.25, -0.2) is 0 Å². The van der Waals surface area contributed by atoms with E-state index in [-0.39, 0.29) is 6.42 Å². The minimum absolute atomic E-state index is 0.0782. The summed E-state index contributed by atoms with van der Waals surface area (Å²) >= 11 is 0. The van der Waals surface area contributed by atoms with Gasteiger partial charge in [0.15, 0.2) is 0 Å². The first-order valence-electron chi connectivity index (χ1n) is 6.48. The molecular formula is C17H16O4. The molecule has 0 saturated heterocycles. The number of carbonyl (C=O) groups excluding carboxylic acids is 2. The van der Waals surface area contributed by atoms with E-state index < -0.39 is 11.6 Å². The van der Waals surface area contributed by atoms with E-state index >= 15 is 0 Å². The van der Waals surface area contributed by atoms with E-state index in [1.54, 1.807) is 62.8 Å². The number of hydrogen-bond acceptors (Lipinski definition) is 4. The van der Waals surface area contributed by atoms with Crippen molar-refractivity contribution in [1.29, 1.82) is 0 Å². The van der Waals surface area contributed by atoms with Crippen molar-refractivity contribution in [3.8, 4) is 11.5 Å². The molecule has 2 aromatic rings. The Morgan fingerprint density at radius 1 is 0.810 bits per heavy atom. The zero-order valence-electron chi connectivity index (χ0n) is 12.0. The molecule has 21 heavy (non-hydrogen) atoms. The van der Waals surface area contributed by atoms with Crippen molar-refractivity contribution < 1.29 is 19.1 Å². The quantitative estimate of drug-likeness (QED) is 0.604. The van der Waals surface area contributed by atoms with Gasteiger partial charge in [0.25, 0.3) is 0 Å². The lowest BCUT2D eigenvalue weighted by atomic mass is 10.0. The van der Waals surface area contributed by atoms with Crippen LogP contribution in [0.15, 0.2) is 48.5 Å². The van der Waals surface area contributed by atoms with Gasteiger partial charge in [0, 0.05) is 12.0 Å². The van der Waals surface area contributed by atoms with Crippen molar-refractivity contribution >= 4 is 11.6 Å². The molecule has 0 saturated carbocycles. The smallest absolute Gasteiger partial charge is 0.228 e. The molecule has 0 aromatic heterocycles. The van der Waals surface area contributed by atoms with Crippen LogP contribution >= 0.6 is 0 Å². The fourth-order valence-corrected chi connectivity index (χ4v) is 1.91. The minimum Gasteiger partial charge on any atom is -0.497 e. The minimum atomic E-state index is -0.492. The lowest BCUT2D eigenvalue weighted by Crippen LogP contribution is -2.16. The Morgan fingerprint density at radius 2 is 1.29 bits per heavy atom. The monoisotopic (exact) mass is 284 g/mol. The Hall–Kier alpha value is -2.62. The van der Waals surface area contributed by atoms with Gasteiger partial charge in [-0.1, -0.05) is 12.1 Å². The summed E-state index contributed by atoms with van der Waals surface area (Å²) in [5.41, 5.74) is 1.15. The highest BCUT2D eigenvalue weighted by Gasteiger charge is 2.16. The third kappa shape index (κ3) is 3.69. The molecule has 2 rings (SSSR count). The maximum atomic E-state index is 12.1. The Labute approximate surface area is 123 Å². The van der Waals surface area contributed by atoms with Gasteiger partial charge in [-0.2, -0.15) is 0 Å². The van der Waals surface area contributed by atoms with Crippen LogP contribution in [0, 0.1) is 0 Å². The second kappa shape index (κ2) is 6.70. The number of methoxy groups -OCH3 is 2. The van der Waals surface area contributed by atoms with Gasteiger partial charge in [0.1, 0.15) is 11.5 Å². The van der Waals surface area contributed by atoms with E-state index in [1.807, 2.05) is 0 Å². The Balaban J connectivity index is 2.05. The summed E-state index contributed by atoms with van der Waals surface area (Å²) in [7, 11) is 3.12. The summed E-state index contributed by atoms with van der Waals surface area (Å²) < 4.78 is 10.1. The van der Waals surface area contributed by atoms with Crippen LogP contribution in [-0.4, -0.2) is 25.8 Å².